The lowest BCUT2D eigenvalue weighted by Gasteiger charge is -2.07. The van der Waals surface area contributed by atoms with Crippen molar-refractivity contribution in [2.24, 2.45) is 0 Å². The van der Waals surface area contributed by atoms with Gasteiger partial charge in [0, 0.05) is 29.6 Å². The highest BCUT2D eigenvalue weighted by Crippen LogP contribution is 2.15. The number of carbonyl (C=O) groups excluding carboxylic acids is 1. The van der Waals surface area contributed by atoms with Crippen molar-refractivity contribution in [3.8, 4) is 0 Å². The Morgan fingerprint density at radius 2 is 2.11 bits per heavy atom. The Kier molecular flexibility index (Phi) is 3.88. The molecule has 0 aliphatic heterocycles. The highest BCUT2D eigenvalue weighted by Gasteiger charge is 2.10. The molecule has 3 N–H and O–H groups in total. The molecule has 5 nitrogen and oxygen atoms in total. The summed E-state index contributed by atoms with van der Waals surface area (Å²) in [5, 5.41) is 2.78. The first kappa shape index (κ1) is 12.5. The number of amides is 1. The molecule has 0 aromatic carbocycles. The Bertz CT molecular complexity index is 559. The van der Waals surface area contributed by atoms with Crippen molar-refractivity contribution in [2.75, 3.05) is 5.73 Å². The number of nitrogens with zero attached hydrogens (tertiary/aromatic N) is 2. The zero-order chi connectivity index (χ0) is 13.0. The molecule has 0 aliphatic carbocycles. The summed E-state index contributed by atoms with van der Waals surface area (Å²) in [7, 11) is 0. The van der Waals surface area contributed by atoms with E-state index in [2.05, 4.69) is 31.2 Å². The molecule has 2 aromatic heterocycles. The lowest BCUT2D eigenvalue weighted by atomic mass is 10.2. The Balaban J connectivity index is 2.06. The zero-order valence-corrected chi connectivity index (χ0v) is 11.0. The fraction of sp³-hybridized carbons (Fsp3) is 0.0833. The van der Waals surface area contributed by atoms with Crippen molar-refractivity contribution >= 4 is 27.7 Å². The second-order valence-corrected chi connectivity index (χ2v) is 4.54. The summed E-state index contributed by atoms with van der Waals surface area (Å²) in [6, 6.07) is 5.32. The SMILES string of the molecule is Nc1ncc(Br)cc1C(=O)NCc1ccncc1. The molecule has 0 aliphatic rings. The maximum atomic E-state index is 11.9. The predicted molar refractivity (Wildman–Crippen MR) is 71.8 cm³/mol. The fourth-order valence-electron chi connectivity index (χ4n) is 1.41. The Hall–Kier alpha value is -1.95. The van der Waals surface area contributed by atoms with Crippen molar-refractivity contribution in [1.29, 1.82) is 0 Å². The standard InChI is InChI=1S/C12H11BrN4O/c13-9-5-10(11(14)16-7-9)12(18)17-6-8-1-3-15-4-2-8/h1-5,7H,6H2,(H2,14,16)(H,17,18). The van der Waals surface area contributed by atoms with Crippen molar-refractivity contribution in [1.82, 2.24) is 15.3 Å². The van der Waals surface area contributed by atoms with Crippen molar-refractivity contribution in [2.45, 2.75) is 6.54 Å². The zero-order valence-electron chi connectivity index (χ0n) is 9.43. The molecule has 92 valence electrons. The number of nitrogens with one attached hydrogen (secondary N) is 1. The number of carbonyl (C=O) groups is 1. The predicted octanol–water partition coefficient (Wildman–Crippen LogP) is 1.75. The van der Waals surface area contributed by atoms with E-state index >= 15 is 0 Å². The molecule has 6 heteroatoms. The molecule has 0 bridgehead atoms. The van der Waals surface area contributed by atoms with Crippen LogP contribution in [-0.4, -0.2) is 15.9 Å². The summed E-state index contributed by atoms with van der Waals surface area (Å²) < 4.78 is 0.714. The third-order valence-electron chi connectivity index (χ3n) is 2.33. The number of nitrogens with two attached hydrogens (primary N) is 1. The first-order valence-corrected chi connectivity index (χ1v) is 6.04. The van der Waals surface area contributed by atoms with Crippen LogP contribution in [0, 0.1) is 0 Å². The molecule has 0 radical (unpaired) electrons. The first-order valence-electron chi connectivity index (χ1n) is 5.25. The van der Waals surface area contributed by atoms with Crippen LogP contribution in [0.25, 0.3) is 0 Å². The highest BCUT2D eigenvalue weighted by atomic mass is 79.9. The van der Waals surface area contributed by atoms with E-state index in [-0.39, 0.29) is 11.7 Å². The van der Waals surface area contributed by atoms with Crippen molar-refractivity contribution in [3.05, 3.63) is 52.4 Å². The number of anilines is 1. The lowest BCUT2D eigenvalue weighted by molar-refractivity contribution is 0.0951. The van der Waals surface area contributed by atoms with E-state index in [1.54, 1.807) is 24.7 Å². The van der Waals surface area contributed by atoms with E-state index in [0.717, 1.165) is 5.56 Å². The average molecular weight is 307 g/mol. The van der Waals surface area contributed by atoms with Gasteiger partial charge in [-0.15, -0.1) is 0 Å². The van der Waals surface area contributed by atoms with Crippen LogP contribution in [0.2, 0.25) is 0 Å². The van der Waals surface area contributed by atoms with E-state index in [9.17, 15) is 4.79 Å². The summed E-state index contributed by atoms with van der Waals surface area (Å²) in [6.45, 7) is 0.424. The lowest BCUT2D eigenvalue weighted by Crippen LogP contribution is -2.24. The van der Waals surface area contributed by atoms with E-state index in [4.69, 9.17) is 5.73 Å². The second-order valence-electron chi connectivity index (χ2n) is 3.62. The minimum absolute atomic E-state index is 0.213. The quantitative estimate of drug-likeness (QED) is 0.905. The molecular weight excluding hydrogens is 296 g/mol. The van der Waals surface area contributed by atoms with E-state index in [0.29, 0.717) is 16.6 Å². The fourth-order valence-corrected chi connectivity index (χ4v) is 1.74. The van der Waals surface area contributed by atoms with Crippen molar-refractivity contribution in [3.63, 3.8) is 0 Å². The summed E-state index contributed by atoms with van der Waals surface area (Å²) in [5.74, 6) is -0.0384. The largest absolute Gasteiger partial charge is 0.383 e. The maximum Gasteiger partial charge on any atom is 0.255 e. The van der Waals surface area contributed by atoms with Gasteiger partial charge >= 0.3 is 0 Å². The molecule has 18 heavy (non-hydrogen) atoms. The van der Waals surface area contributed by atoms with Gasteiger partial charge in [0.15, 0.2) is 0 Å². The minimum atomic E-state index is -0.252. The Morgan fingerprint density at radius 1 is 1.39 bits per heavy atom. The van der Waals surface area contributed by atoms with E-state index in [1.807, 2.05) is 12.1 Å². The van der Waals surface area contributed by atoms with Crippen molar-refractivity contribution < 1.29 is 4.79 Å². The molecule has 0 fully saturated rings. The summed E-state index contributed by atoms with van der Waals surface area (Å²) in [6.07, 6.45) is 4.90. The van der Waals surface area contributed by atoms with Gasteiger partial charge in [-0.05, 0) is 39.7 Å². The minimum Gasteiger partial charge on any atom is -0.383 e. The maximum absolute atomic E-state index is 11.9. The van der Waals surface area contributed by atoms with Crippen LogP contribution in [0.1, 0.15) is 15.9 Å². The topological polar surface area (TPSA) is 80.9 Å². The molecule has 0 spiro atoms. The Morgan fingerprint density at radius 3 is 2.83 bits per heavy atom. The van der Waals surface area contributed by atoms with Crippen LogP contribution < -0.4 is 11.1 Å². The number of pyridine rings is 2. The highest BCUT2D eigenvalue weighted by molar-refractivity contribution is 9.10. The molecule has 0 atom stereocenters. The number of nitrogen functional groups attached to an aromatic ring is 1. The van der Waals surface area contributed by atoms with Gasteiger partial charge in [0.2, 0.25) is 0 Å². The molecule has 1 amide bonds. The monoisotopic (exact) mass is 306 g/mol. The molecule has 0 saturated carbocycles. The average Bonchev–Trinajstić information content (AvgIpc) is 2.40. The summed E-state index contributed by atoms with van der Waals surface area (Å²) in [4.78, 5) is 19.7. The third-order valence-corrected chi connectivity index (χ3v) is 2.77. The third kappa shape index (κ3) is 3.04. The van der Waals surface area contributed by atoms with Gasteiger partial charge in [0.25, 0.3) is 5.91 Å². The second kappa shape index (κ2) is 5.59. The van der Waals surface area contributed by atoms with Gasteiger partial charge in [-0.3, -0.25) is 9.78 Å². The normalized spacial score (nSPS) is 10.1. The molecular formula is C12H11BrN4O. The van der Waals surface area contributed by atoms with Crippen LogP contribution >= 0.6 is 15.9 Å². The number of halogens is 1. The Labute approximate surface area is 113 Å². The summed E-state index contributed by atoms with van der Waals surface area (Å²) >= 11 is 3.25. The molecule has 0 unspecified atom stereocenters. The summed E-state index contributed by atoms with van der Waals surface area (Å²) in [5.41, 5.74) is 6.99. The smallest absolute Gasteiger partial charge is 0.255 e. The molecule has 2 heterocycles. The van der Waals surface area contributed by atoms with Gasteiger partial charge in [0.1, 0.15) is 5.82 Å². The van der Waals surface area contributed by atoms with Gasteiger partial charge in [-0.2, -0.15) is 0 Å². The van der Waals surface area contributed by atoms with Gasteiger partial charge < -0.3 is 11.1 Å². The first-order chi connectivity index (χ1) is 8.66. The van der Waals surface area contributed by atoms with Gasteiger partial charge in [0.05, 0.1) is 5.56 Å². The van der Waals surface area contributed by atoms with Crippen LogP contribution in [0.3, 0.4) is 0 Å². The van der Waals surface area contributed by atoms with Crippen LogP contribution in [0.4, 0.5) is 5.82 Å². The number of rotatable bonds is 3. The number of aromatic nitrogens is 2. The molecule has 2 aromatic rings. The molecule has 2 rings (SSSR count). The van der Waals surface area contributed by atoms with Crippen LogP contribution in [0.5, 0.6) is 0 Å². The number of hydrogen-bond donors (Lipinski definition) is 2. The van der Waals surface area contributed by atoms with E-state index < -0.39 is 0 Å². The van der Waals surface area contributed by atoms with E-state index in [1.165, 1.54) is 0 Å². The van der Waals surface area contributed by atoms with Gasteiger partial charge in [-0.25, -0.2) is 4.98 Å². The number of hydrogen-bond acceptors (Lipinski definition) is 4. The van der Waals surface area contributed by atoms with Gasteiger partial charge in [-0.1, -0.05) is 0 Å². The molecule has 0 saturated heterocycles. The van der Waals surface area contributed by atoms with Crippen LogP contribution in [0.15, 0.2) is 41.3 Å². The van der Waals surface area contributed by atoms with Crippen LogP contribution in [-0.2, 0) is 6.54 Å².